The second-order valence-corrected chi connectivity index (χ2v) is 39.9. The highest BCUT2D eigenvalue weighted by Gasteiger charge is 2.59. The third-order valence-corrected chi connectivity index (χ3v) is 28.8. The highest BCUT2D eigenvalue weighted by molar-refractivity contribution is 7.85. The first kappa shape index (κ1) is 110. The van der Waals surface area contributed by atoms with E-state index < -0.39 is 91.8 Å². The Hall–Kier alpha value is -9.73. The number of carbonyl (C=O) groups is 10. The Kier molecular flexibility index (Phi) is 43.9. The van der Waals surface area contributed by atoms with E-state index in [2.05, 4.69) is 79.7 Å². The summed E-state index contributed by atoms with van der Waals surface area (Å²) in [6.07, 6.45) is 12.9. The summed E-state index contributed by atoms with van der Waals surface area (Å²) < 4.78 is 83.6. The predicted molar refractivity (Wildman–Crippen MR) is 518 cm³/mol. The van der Waals surface area contributed by atoms with Gasteiger partial charge in [-0.15, -0.1) is 5.10 Å². The summed E-state index contributed by atoms with van der Waals surface area (Å²) in [7, 11) is -4.15. The molecule has 1 heterocycles. The third-order valence-electron chi connectivity index (χ3n) is 28.1. The van der Waals surface area contributed by atoms with Crippen LogP contribution in [0, 0.1) is 35.5 Å². The molecule has 0 radical (unpaired) electrons. The van der Waals surface area contributed by atoms with E-state index in [-0.39, 0.29) is 184 Å². The number of ether oxygens (including phenoxy) is 9. The molecule has 4 aromatic carbocycles. The molecule has 5 aromatic rings. The fourth-order valence-corrected chi connectivity index (χ4v) is 20.8. The van der Waals surface area contributed by atoms with Crippen molar-refractivity contribution in [2.24, 2.45) is 28.6 Å². The molecule has 1 aromatic heterocycles. The number of unbranched alkanes of at least 4 members (excludes halogenated alkanes) is 1. The van der Waals surface area contributed by atoms with Crippen molar-refractivity contribution in [1.82, 2.24) is 52.2 Å². The molecule has 0 spiro atoms. The number of hydrogen-bond donors (Lipinski definition) is 10. The molecule has 36 heteroatoms. The monoisotopic (exact) mass is 1940 g/mol. The number of amides is 10. The molecule has 10 N–H and O–H groups in total. The standard InChI is InChI=1S/C102H150N12O23S/c1-10-73-23-15-16-24-76(73)68-113(82-26-17-14-22-71(82)4)91(120)38-37-87(116)104-46-51-131-55-59-135-63-61-134-58-54-130-50-40-89(118)108-81(25-18-19-45-103-90(119)69-137-84-28-13-11-12-27-83-93(84)111-112-114(83)48-52-132-56-60-136-64-62-133-57-53-129-49-39-88(117)105-47-65-138(126,127)128)95(122)109-92(70(2)3)96(123)106-72(5)94(121)107-77-33-29-74-31-35-85-99(6,79(74)66-77)41-20-43-101(85,8)97(124)110-98(125)102(9)44-21-42-100(7)80-67-78(115)34-30-75(80)32-36-86(100)102/h14-17,22-24,26,29-30,33-34,66-67,70,72,81,84-86,92,115H,10-13,18-21,25,27-28,31-32,35-65,68-69H2,1-9H3,(H,103,119)(H,104,116)(H,105,117)(H,106,123)(H,107,121)(H,108,118)(H,109,122)(H,110,124,125)(H,126,127,128)/t72-,81+,84?,85+,86+,92-,99+,100+,101-,102-/m0/s1. The second kappa shape index (κ2) is 54.9. The van der Waals surface area contributed by atoms with Crippen molar-refractivity contribution in [2.45, 2.75) is 258 Å². The number of phenols is 1. The molecule has 2 fully saturated rings. The minimum atomic E-state index is -4.15. The smallest absolute Gasteiger partial charge is 0.266 e. The molecular weight excluding hydrogens is 1790 g/mol. The van der Waals surface area contributed by atoms with E-state index in [4.69, 9.17) is 47.2 Å². The Morgan fingerprint density at radius 1 is 0.536 bits per heavy atom. The van der Waals surface area contributed by atoms with Gasteiger partial charge in [-0.3, -0.25) is 57.8 Å². The molecule has 10 rings (SSSR count). The molecule has 0 saturated heterocycles. The summed E-state index contributed by atoms with van der Waals surface area (Å²) in [5.41, 5.74) is 8.03. The minimum absolute atomic E-state index is 0.00243. The number of nitrogens with zero attached hydrogens (tertiary/aromatic N) is 4. The number of para-hydroxylation sites is 1. The van der Waals surface area contributed by atoms with Crippen molar-refractivity contribution in [3.05, 3.63) is 135 Å². The van der Waals surface area contributed by atoms with Crippen LogP contribution in [0.1, 0.15) is 234 Å². The van der Waals surface area contributed by atoms with E-state index in [9.17, 15) is 61.5 Å². The number of imide groups is 1. The lowest BCUT2D eigenvalue weighted by Crippen LogP contribution is -2.60. The Labute approximate surface area is 812 Å². The molecule has 5 aliphatic carbocycles. The second-order valence-electron chi connectivity index (χ2n) is 38.3. The third kappa shape index (κ3) is 32.4. The molecule has 138 heavy (non-hydrogen) atoms. The van der Waals surface area contributed by atoms with Crippen LogP contribution in [0.4, 0.5) is 11.4 Å². The predicted octanol–water partition coefficient (Wildman–Crippen LogP) is 9.49. The lowest BCUT2D eigenvalue weighted by atomic mass is 9.49. The van der Waals surface area contributed by atoms with Crippen LogP contribution < -0.4 is 47.4 Å². The normalized spacial score (nSPS) is 20.6. The molecule has 1 unspecified atom stereocenters. The maximum atomic E-state index is 15.0. The number of aryl methyl sites for hydroxylation is 4. The van der Waals surface area contributed by atoms with E-state index in [0.717, 1.165) is 122 Å². The number of nitrogens with one attached hydrogen (secondary N) is 8. The van der Waals surface area contributed by atoms with Crippen molar-refractivity contribution in [2.75, 3.05) is 148 Å². The van der Waals surface area contributed by atoms with Crippen LogP contribution >= 0.6 is 0 Å². The van der Waals surface area contributed by atoms with Gasteiger partial charge in [0.25, 0.3) is 10.1 Å². The number of aromatic hydroxyl groups is 1. The van der Waals surface area contributed by atoms with Gasteiger partial charge in [-0.25, -0.2) is 4.68 Å². The van der Waals surface area contributed by atoms with Gasteiger partial charge in [-0.05, 0) is 208 Å². The van der Waals surface area contributed by atoms with Crippen molar-refractivity contribution < 1.29 is 109 Å². The first-order valence-corrected chi connectivity index (χ1v) is 51.2. The summed E-state index contributed by atoms with van der Waals surface area (Å²) in [5.74, 6) is -4.89. The van der Waals surface area contributed by atoms with E-state index in [1.54, 1.807) is 31.7 Å². The van der Waals surface area contributed by atoms with Gasteiger partial charge < -0.3 is 89.9 Å². The molecule has 5 aliphatic rings. The van der Waals surface area contributed by atoms with Crippen molar-refractivity contribution in [1.29, 1.82) is 0 Å². The summed E-state index contributed by atoms with van der Waals surface area (Å²) >= 11 is 0. The number of anilines is 2. The Morgan fingerprint density at radius 3 is 1.70 bits per heavy atom. The number of phenolic OH excluding ortho intramolecular Hbond substituents is 1. The molecule has 0 bridgehead atoms. The largest absolute Gasteiger partial charge is 0.508 e. The Bertz CT molecular complexity index is 4960. The van der Waals surface area contributed by atoms with Gasteiger partial charge in [-0.1, -0.05) is 134 Å². The number of hydrogen-bond acceptors (Lipinski definition) is 24. The fraction of sp³-hybridized carbons (Fsp3) is 0.647. The number of fused-ring (bicyclic) bond motifs is 7. The minimum Gasteiger partial charge on any atom is -0.508 e. The van der Waals surface area contributed by atoms with Gasteiger partial charge in [0.1, 0.15) is 42.3 Å². The number of rotatable bonds is 58. The lowest BCUT2D eigenvalue weighted by Gasteiger charge is -2.56. The van der Waals surface area contributed by atoms with Gasteiger partial charge in [0.05, 0.1) is 141 Å². The summed E-state index contributed by atoms with van der Waals surface area (Å²) in [5, 5.41) is 42.3. The maximum absolute atomic E-state index is 15.0. The first-order valence-electron chi connectivity index (χ1n) is 49.6. The number of benzene rings is 4. The fourth-order valence-electron chi connectivity index (χ4n) is 20.4. The van der Waals surface area contributed by atoms with Gasteiger partial charge in [0, 0.05) is 56.7 Å². The van der Waals surface area contributed by atoms with Crippen LogP contribution in [0.5, 0.6) is 5.75 Å². The zero-order valence-electron chi connectivity index (χ0n) is 82.3. The van der Waals surface area contributed by atoms with Crippen LogP contribution in [-0.4, -0.2) is 248 Å². The molecule has 0 aliphatic heterocycles. The van der Waals surface area contributed by atoms with Crippen LogP contribution in [-0.2, 0) is 150 Å². The molecule has 10 atom stereocenters. The van der Waals surface area contributed by atoms with E-state index in [0.29, 0.717) is 96.0 Å². The van der Waals surface area contributed by atoms with Crippen LogP contribution in [0.25, 0.3) is 0 Å². The Balaban J connectivity index is 0.656. The van der Waals surface area contributed by atoms with Crippen LogP contribution in [0.2, 0.25) is 0 Å². The number of carbonyl (C=O) groups excluding carboxylic acids is 10. The zero-order valence-corrected chi connectivity index (χ0v) is 83.1. The topological polar surface area (TPSA) is 459 Å². The zero-order chi connectivity index (χ0) is 99.3. The highest BCUT2D eigenvalue weighted by atomic mass is 32.2. The van der Waals surface area contributed by atoms with Gasteiger partial charge in [0.15, 0.2) is 0 Å². The van der Waals surface area contributed by atoms with Crippen molar-refractivity contribution in [3.8, 4) is 5.75 Å². The summed E-state index contributed by atoms with van der Waals surface area (Å²) in [4.78, 5) is 140. The first-order chi connectivity index (χ1) is 66.2. The highest BCUT2D eigenvalue weighted by Crippen LogP contribution is 2.60. The van der Waals surface area contributed by atoms with E-state index in [1.165, 1.54) is 5.56 Å². The number of aromatic nitrogens is 3. The molecule has 35 nitrogen and oxygen atoms in total. The van der Waals surface area contributed by atoms with Crippen molar-refractivity contribution >= 4 is 80.6 Å². The molecule has 762 valence electrons. The van der Waals surface area contributed by atoms with Gasteiger partial charge in [-0.2, -0.15) is 8.42 Å². The molecule has 2 saturated carbocycles. The van der Waals surface area contributed by atoms with E-state index >= 15 is 0 Å². The van der Waals surface area contributed by atoms with Gasteiger partial charge >= 0.3 is 0 Å². The average molecular weight is 1940 g/mol. The Morgan fingerprint density at radius 2 is 1.09 bits per heavy atom. The van der Waals surface area contributed by atoms with Gasteiger partial charge in [0.2, 0.25) is 59.1 Å². The SMILES string of the molecule is CCc1ccccc1CN(C(=O)CCC(=O)NCCOCCOCCOCCOCCC(=O)N[C@H](CCCCNC(=O)COC1CCCCCc2c1nnn2CCOCCOCCOCCOCCC(=O)NCCS(=O)(=O)O)C(=O)N[C@H](C(=O)N[C@@H](C)C(=O)Nc1ccc2c(c1)[C@@]1(C)CCC[C@](C)(C(=O)NC(=O)[C@@]3(C)CCC[C@]4(C)c5cc(O)ccc5CC[C@@H]34)[C@@H]1CC2)C(C)C)c1ccccc1C. The van der Waals surface area contributed by atoms with Crippen LogP contribution in [0.15, 0.2) is 84.9 Å². The summed E-state index contributed by atoms with van der Waals surface area (Å²) in [6, 6.07) is 23.9. The lowest BCUT2D eigenvalue weighted by molar-refractivity contribution is -0.150. The molecule has 10 amide bonds. The maximum Gasteiger partial charge on any atom is 0.266 e. The van der Waals surface area contributed by atoms with E-state index in [1.807, 2.05) is 98.2 Å². The average Bonchev–Trinajstić information content (AvgIpc) is 0.762. The van der Waals surface area contributed by atoms with Crippen molar-refractivity contribution in [3.63, 3.8) is 0 Å². The quantitative estimate of drug-likeness (QED) is 0.00983. The summed E-state index contributed by atoms with van der Waals surface area (Å²) in [6.45, 7) is 22.5. The molecular formula is C102H150N12O23S. The van der Waals surface area contributed by atoms with Crippen LogP contribution in [0.3, 0.4) is 0 Å².